The number of likely N-dealkylation sites (tertiary alicyclic amines) is 2. The molecule has 4 aromatic carbocycles. The normalized spacial score (nSPS) is 15.7. The fraction of sp³-hybridized carbons (Fsp3) is 0.333. The summed E-state index contributed by atoms with van der Waals surface area (Å²) in [6.07, 6.45) is 4.25. The Balaban J connectivity index is 1.14. The van der Waals surface area contributed by atoms with Crippen LogP contribution in [0.1, 0.15) is 47.9 Å². The molecule has 0 amide bonds. The molecule has 0 aliphatic carbocycles. The molecule has 0 bridgehead atoms. The number of oxazole rings is 2. The third-order valence-electron chi connectivity index (χ3n) is 10.0. The first-order valence-corrected chi connectivity index (χ1v) is 17.0. The van der Waals surface area contributed by atoms with Gasteiger partial charge < -0.3 is 13.6 Å². The molecule has 0 unspecified atom stereocenters. The fourth-order valence-corrected chi connectivity index (χ4v) is 7.41. The quantitative estimate of drug-likeness (QED) is 0.141. The van der Waals surface area contributed by atoms with Crippen LogP contribution in [0.2, 0.25) is 0 Å². The highest BCUT2D eigenvalue weighted by atomic mass is 19.3. The van der Waals surface area contributed by atoms with Gasteiger partial charge in [0.1, 0.15) is 16.8 Å². The Morgan fingerprint density at radius 2 is 1.20 bits per heavy atom. The third-order valence-corrected chi connectivity index (χ3v) is 10.0. The minimum Gasteiger partial charge on any atom is -0.436 e. The first-order valence-electron chi connectivity index (χ1n) is 17.0. The van der Waals surface area contributed by atoms with Gasteiger partial charge in [-0.2, -0.15) is 13.2 Å². The lowest BCUT2D eigenvalue weighted by Crippen LogP contribution is -2.19. The van der Waals surface area contributed by atoms with Crippen LogP contribution in [-0.4, -0.2) is 52.6 Å². The predicted molar refractivity (Wildman–Crippen MR) is 183 cm³/mol. The Morgan fingerprint density at radius 1 is 0.680 bits per heavy atom. The number of rotatable bonds is 9. The van der Waals surface area contributed by atoms with Crippen molar-refractivity contribution in [2.45, 2.75) is 59.2 Å². The number of aromatic nitrogens is 2. The Bertz CT molecular complexity index is 2220. The van der Waals surface area contributed by atoms with Crippen molar-refractivity contribution in [3.05, 3.63) is 88.5 Å². The highest BCUT2D eigenvalue weighted by Gasteiger charge is 2.24. The molecule has 8 rings (SSSR count). The van der Waals surface area contributed by atoms with E-state index in [4.69, 9.17) is 18.6 Å². The fourth-order valence-electron chi connectivity index (χ4n) is 7.41. The lowest BCUT2D eigenvalue weighted by molar-refractivity contribution is -0.0506. The molecular formula is C39H36F4N4O3. The van der Waals surface area contributed by atoms with Gasteiger partial charge in [-0.25, -0.2) is 14.4 Å². The van der Waals surface area contributed by atoms with Crippen molar-refractivity contribution in [1.29, 1.82) is 0 Å². The predicted octanol–water partition coefficient (Wildman–Crippen LogP) is 9.66. The van der Waals surface area contributed by atoms with E-state index in [0.717, 1.165) is 79.7 Å². The highest BCUT2D eigenvalue weighted by molar-refractivity contribution is 5.85. The number of ether oxygens (including phenoxy) is 1. The first kappa shape index (κ1) is 32.5. The molecular weight excluding hydrogens is 648 g/mol. The maximum atomic E-state index is 15.2. The van der Waals surface area contributed by atoms with E-state index in [-0.39, 0.29) is 28.3 Å². The second-order valence-corrected chi connectivity index (χ2v) is 13.3. The van der Waals surface area contributed by atoms with Crippen LogP contribution < -0.4 is 4.74 Å². The lowest BCUT2D eigenvalue weighted by Gasteiger charge is -2.17. The van der Waals surface area contributed by atoms with E-state index in [1.807, 2.05) is 50.2 Å². The van der Waals surface area contributed by atoms with Gasteiger partial charge in [-0.1, -0.05) is 24.3 Å². The number of benzene rings is 4. The van der Waals surface area contributed by atoms with Crippen LogP contribution in [0.5, 0.6) is 5.75 Å². The smallest absolute Gasteiger partial charge is 0.387 e. The van der Waals surface area contributed by atoms with Crippen molar-refractivity contribution < 1.29 is 31.1 Å². The van der Waals surface area contributed by atoms with E-state index >= 15 is 8.78 Å². The molecule has 0 spiro atoms. The molecule has 0 N–H and O–H groups in total. The van der Waals surface area contributed by atoms with Crippen molar-refractivity contribution in [3.63, 3.8) is 0 Å². The van der Waals surface area contributed by atoms with Gasteiger partial charge in [-0.15, -0.1) is 0 Å². The molecule has 2 aliphatic heterocycles. The number of hydrogen-bond donors (Lipinski definition) is 0. The largest absolute Gasteiger partial charge is 0.436 e. The highest BCUT2D eigenvalue weighted by Crippen LogP contribution is 2.39. The van der Waals surface area contributed by atoms with Crippen molar-refractivity contribution >= 4 is 22.2 Å². The van der Waals surface area contributed by atoms with Gasteiger partial charge in [0.05, 0.1) is 0 Å². The lowest BCUT2D eigenvalue weighted by atomic mass is 9.91. The molecule has 2 aromatic heterocycles. The molecule has 2 fully saturated rings. The van der Waals surface area contributed by atoms with E-state index < -0.39 is 18.2 Å². The Kier molecular flexibility index (Phi) is 8.56. The summed E-state index contributed by atoms with van der Waals surface area (Å²) in [5.41, 5.74) is 6.82. The third kappa shape index (κ3) is 6.02. The summed E-state index contributed by atoms with van der Waals surface area (Å²) in [7, 11) is 0. The topological polar surface area (TPSA) is 67.8 Å². The van der Waals surface area contributed by atoms with Gasteiger partial charge in [-0.05, 0) is 112 Å². The molecule has 50 heavy (non-hydrogen) atoms. The summed E-state index contributed by atoms with van der Waals surface area (Å²) >= 11 is 0. The maximum Gasteiger partial charge on any atom is 0.387 e. The van der Waals surface area contributed by atoms with Gasteiger partial charge in [0, 0.05) is 41.4 Å². The van der Waals surface area contributed by atoms with Crippen molar-refractivity contribution in [2.75, 3.05) is 26.2 Å². The Morgan fingerprint density at radius 3 is 1.80 bits per heavy atom. The van der Waals surface area contributed by atoms with Crippen molar-refractivity contribution in [3.8, 4) is 39.8 Å². The summed E-state index contributed by atoms with van der Waals surface area (Å²) in [6.45, 7) is 5.30. The minimum atomic E-state index is -2.96. The van der Waals surface area contributed by atoms with Crippen LogP contribution in [0.4, 0.5) is 17.6 Å². The number of hydrogen-bond acceptors (Lipinski definition) is 7. The average molecular weight is 685 g/mol. The molecule has 0 saturated carbocycles. The summed E-state index contributed by atoms with van der Waals surface area (Å²) in [4.78, 5) is 13.7. The van der Waals surface area contributed by atoms with Gasteiger partial charge in [-0.3, -0.25) is 9.80 Å². The number of halogens is 4. The zero-order valence-electron chi connectivity index (χ0n) is 27.9. The second kappa shape index (κ2) is 13.2. The van der Waals surface area contributed by atoms with Crippen LogP contribution in [0.25, 0.3) is 56.2 Å². The number of nitrogens with zero attached hydrogens (tertiary/aromatic N) is 4. The van der Waals surface area contributed by atoms with E-state index in [0.29, 0.717) is 41.2 Å². The maximum absolute atomic E-state index is 15.2. The molecule has 2 saturated heterocycles. The van der Waals surface area contributed by atoms with Crippen LogP contribution in [0.3, 0.4) is 0 Å². The van der Waals surface area contributed by atoms with Crippen LogP contribution in [0, 0.1) is 25.5 Å². The van der Waals surface area contributed by atoms with Gasteiger partial charge in [0.2, 0.25) is 17.6 Å². The molecule has 7 nitrogen and oxygen atoms in total. The SMILES string of the molecule is Cc1c(-c2nc3cc(CN4CCCC4)c(OC(F)F)cc3o2)cccc1-c1cccc(-c2nc3cc(CN4CCCC4)c(F)c(F)c3o2)c1C. The minimum absolute atomic E-state index is 0.0876. The van der Waals surface area contributed by atoms with Crippen molar-refractivity contribution in [2.24, 2.45) is 0 Å². The second-order valence-electron chi connectivity index (χ2n) is 13.3. The monoisotopic (exact) mass is 684 g/mol. The van der Waals surface area contributed by atoms with E-state index in [2.05, 4.69) is 14.8 Å². The van der Waals surface area contributed by atoms with E-state index in [1.54, 1.807) is 12.1 Å². The number of fused-ring (bicyclic) bond motifs is 2. The Hall–Kier alpha value is -4.74. The summed E-state index contributed by atoms with van der Waals surface area (Å²) in [6, 6.07) is 16.4. The molecule has 258 valence electrons. The molecule has 11 heteroatoms. The molecule has 4 heterocycles. The van der Waals surface area contributed by atoms with Gasteiger partial charge in [0.25, 0.3) is 0 Å². The summed E-state index contributed by atoms with van der Waals surface area (Å²) < 4.78 is 74.0. The van der Waals surface area contributed by atoms with Gasteiger partial charge >= 0.3 is 6.61 Å². The number of alkyl halides is 2. The van der Waals surface area contributed by atoms with Crippen LogP contribution in [-0.2, 0) is 13.1 Å². The van der Waals surface area contributed by atoms with Crippen LogP contribution in [0.15, 0.2) is 63.4 Å². The first-order chi connectivity index (χ1) is 24.2. The van der Waals surface area contributed by atoms with Gasteiger partial charge in [0.15, 0.2) is 17.0 Å². The zero-order valence-corrected chi connectivity index (χ0v) is 27.9. The van der Waals surface area contributed by atoms with Crippen molar-refractivity contribution in [1.82, 2.24) is 19.8 Å². The van der Waals surface area contributed by atoms with Crippen LogP contribution >= 0.6 is 0 Å². The Labute approximate surface area is 286 Å². The standard InChI is InChI=1S/C39H36F4N4O3/c1-22-26(9-7-11-28(22)37-44-30-17-24(20-46-13-3-4-14-46)32(49-39(42)43)19-33(30)48-37)27-10-8-12-29(23(27)2)38-45-31-18-25(21-47-15-5-6-16-47)34(40)35(41)36(31)50-38/h7-12,17-19,39H,3-6,13-16,20-21H2,1-2H3. The average Bonchev–Trinajstić information content (AvgIpc) is 3.92. The molecule has 6 aromatic rings. The molecule has 0 radical (unpaired) electrons. The molecule has 0 atom stereocenters. The molecule has 2 aliphatic rings. The summed E-state index contributed by atoms with van der Waals surface area (Å²) in [5, 5.41) is 0. The van der Waals surface area contributed by atoms with E-state index in [1.165, 1.54) is 6.07 Å². The van der Waals surface area contributed by atoms with E-state index in [9.17, 15) is 8.78 Å². The summed E-state index contributed by atoms with van der Waals surface area (Å²) in [5.74, 6) is -1.28. The zero-order chi connectivity index (χ0) is 34.5.